The van der Waals surface area contributed by atoms with E-state index < -0.39 is 0 Å². The minimum Gasteiger partial charge on any atom is -0.339 e. The number of hydrogen-bond donors (Lipinski definition) is 0. The van der Waals surface area contributed by atoms with E-state index in [1.54, 1.807) is 17.3 Å². The summed E-state index contributed by atoms with van der Waals surface area (Å²) in [6.45, 7) is 13.1. The fraction of sp³-hybridized carbons (Fsp3) is 0.545. The van der Waals surface area contributed by atoms with E-state index in [0.29, 0.717) is 11.2 Å². The van der Waals surface area contributed by atoms with Crippen LogP contribution in [0.5, 0.6) is 0 Å². The average molecular weight is 532 g/mol. The highest BCUT2D eigenvalue weighted by Crippen LogP contribution is 2.59. The van der Waals surface area contributed by atoms with Crippen LogP contribution in [-0.2, 0) is 11.2 Å². The molecule has 4 aliphatic rings. The van der Waals surface area contributed by atoms with E-state index in [2.05, 4.69) is 77.1 Å². The van der Waals surface area contributed by atoms with Crippen LogP contribution in [0.3, 0.4) is 0 Å². The van der Waals surface area contributed by atoms with Crippen molar-refractivity contribution < 1.29 is 4.79 Å². The molecule has 6 rings (SSSR count). The fourth-order valence-electron chi connectivity index (χ4n) is 6.59. The van der Waals surface area contributed by atoms with Crippen LogP contribution in [-0.4, -0.2) is 78.7 Å². The van der Waals surface area contributed by atoms with Crippen molar-refractivity contribution in [2.45, 2.75) is 44.4 Å². The zero-order valence-corrected chi connectivity index (χ0v) is 24.2. The molecule has 2 aromatic carbocycles. The van der Waals surface area contributed by atoms with Gasteiger partial charge in [-0.3, -0.25) is 14.6 Å². The molecule has 2 aromatic rings. The van der Waals surface area contributed by atoms with Crippen LogP contribution >= 0.6 is 11.8 Å². The van der Waals surface area contributed by atoms with Gasteiger partial charge in [-0.05, 0) is 67.2 Å². The van der Waals surface area contributed by atoms with Gasteiger partial charge in [0.25, 0.3) is 0 Å². The van der Waals surface area contributed by atoms with E-state index in [1.165, 1.54) is 29.7 Å². The third kappa shape index (κ3) is 6.91. The first-order valence-corrected chi connectivity index (χ1v) is 15.6. The molecule has 0 spiro atoms. The predicted octanol–water partition coefficient (Wildman–Crippen LogP) is 5.85. The summed E-state index contributed by atoms with van der Waals surface area (Å²) in [7, 11) is 0. The Balaban J connectivity index is 1.09. The zero-order valence-electron chi connectivity index (χ0n) is 23.4. The summed E-state index contributed by atoms with van der Waals surface area (Å²) in [5, 5.41) is 0. The molecule has 2 bridgehead atoms. The quantitative estimate of drug-likeness (QED) is 0.254. The first-order chi connectivity index (χ1) is 18.5. The van der Waals surface area contributed by atoms with Crippen LogP contribution in [0, 0.1) is 17.3 Å². The van der Waals surface area contributed by atoms with E-state index in [0.717, 1.165) is 70.6 Å². The summed E-state index contributed by atoms with van der Waals surface area (Å²) in [6, 6.07) is 21.2. The summed E-state index contributed by atoms with van der Waals surface area (Å²) in [4.78, 5) is 21.3. The molecule has 3 aliphatic carbocycles. The van der Waals surface area contributed by atoms with Gasteiger partial charge in [-0.2, -0.15) is 0 Å². The molecule has 2 unspecified atom stereocenters. The Hall–Kier alpha value is -2.08. The molecule has 1 saturated heterocycles. The van der Waals surface area contributed by atoms with Crippen molar-refractivity contribution >= 4 is 17.7 Å². The van der Waals surface area contributed by atoms with Crippen molar-refractivity contribution in [3.63, 3.8) is 0 Å². The lowest BCUT2D eigenvalue weighted by atomic mass is 9.49. The van der Waals surface area contributed by atoms with E-state index in [-0.39, 0.29) is 5.91 Å². The lowest BCUT2D eigenvalue weighted by Crippen LogP contribution is -2.52. The van der Waals surface area contributed by atoms with Gasteiger partial charge in [-0.15, -0.1) is 11.8 Å². The standard InChI is InChI=1S/C33H45N3OS/c1-33(2)29-16-15-28(31(33)24-29)25-35(17-9-12-27-10-5-3-6-11-27)19-18-34-20-22-36(23-21-34)32(37)26-38-30-13-7-4-8-14-30/h3-8,10-11,13-15,29,31H,9,12,16-26H2,1-2H3. The minimum absolute atomic E-state index is 0.270. The summed E-state index contributed by atoms with van der Waals surface area (Å²) in [5.41, 5.74) is 3.63. The topological polar surface area (TPSA) is 26.8 Å². The average Bonchev–Trinajstić information content (AvgIpc) is 2.96. The van der Waals surface area contributed by atoms with Crippen molar-refractivity contribution in [1.82, 2.24) is 14.7 Å². The van der Waals surface area contributed by atoms with Crippen LogP contribution in [0.25, 0.3) is 0 Å². The molecule has 4 nitrogen and oxygen atoms in total. The molecule has 0 aromatic heterocycles. The molecule has 5 heteroatoms. The molecule has 1 saturated carbocycles. The Morgan fingerprint density at radius 2 is 1.68 bits per heavy atom. The number of carbonyl (C=O) groups excluding carboxylic acids is 1. The second kappa shape index (κ2) is 12.8. The third-order valence-electron chi connectivity index (χ3n) is 9.33. The van der Waals surface area contributed by atoms with Crippen LogP contribution in [0.1, 0.15) is 38.7 Å². The van der Waals surface area contributed by atoms with Gasteiger partial charge >= 0.3 is 0 Å². The summed E-state index contributed by atoms with van der Waals surface area (Å²) >= 11 is 1.65. The fourth-order valence-corrected chi connectivity index (χ4v) is 7.41. The lowest BCUT2D eigenvalue weighted by Gasteiger charge is -2.57. The normalized spacial score (nSPS) is 22.7. The first kappa shape index (κ1) is 27.5. The van der Waals surface area contributed by atoms with Gasteiger partial charge in [0.15, 0.2) is 0 Å². The van der Waals surface area contributed by atoms with Crippen molar-refractivity contribution in [3.05, 3.63) is 77.9 Å². The molecule has 1 amide bonds. The van der Waals surface area contributed by atoms with Gasteiger partial charge in [0.1, 0.15) is 0 Å². The van der Waals surface area contributed by atoms with Crippen LogP contribution in [0.4, 0.5) is 0 Å². The van der Waals surface area contributed by atoms with E-state index in [4.69, 9.17) is 0 Å². The molecule has 0 N–H and O–H groups in total. The van der Waals surface area contributed by atoms with Crippen molar-refractivity contribution in [2.24, 2.45) is 17.3 Å². The van der Waals surface area contributed by atoms with Crippen molar-refractivity contribution in [1.29, 1.82) is 0 Å². The lowest BCUT2D eigenvalue weighted by molar-refractivity contribution is -0.130. The van der Waals surface area contributed by atoms with Gasteiger partial charge in [0.2, 0.25) is 5.91 Å². The van der Waals surface area contributed by atoms with Crippen LogP contribution in [0.15, 0.2) is 77.2 Å². The predicted molar refractivity (Wildman–Crippen MR) is 159 cm³/mol. The maximum atomic E-state index is 12.8. The molecule has 204 valence electrons. The molecule has 2 atom stereocenters. The number of hydrogen-bond acceptors (Lipinski definition) is 4. The number of thioether (sulfide) groups is 1. The number of aryl methyl sites for hydroxylation is 1. The molecule has 0 radical (unpaired) electrons. The van der Waals surface area contributed by atoms with Crippen LogP contribution in [0.2, 0.25) is 0 Å². The zero-order chi connectivity index (χ0) is 26.4. The Labute approximate surface area is 234 Å². The molecular weight excluding hydrogens is 486 g/mol. The number of rotatable bonds is 12. The Morgan fingerprint density at radius 3 is 2.37 bits per heavy atom. The summed E-state index contributed by atoms with van der Waals surface area (Å²) < 4.78 is 0. The number of carbonyl (C=O) groups is 1. The number of nitrogens with zero attached hydrogens (tertiary/aromatic N) is 3. The van der Waals surface area contributed by atoms with Gasteiger partial charge in [0.05, 0.1) is 5.75 Å². The smallest absolute Gasteiger partial charge is 0.233 e. The van der Waals surface area contributed by atoms with Crippen LogP contribution < -0.4 is 0 Å². The van der Waals surface area contributed by atoms with Gasteiger partial charge < -0.3 is 4.90 Å². The van der Waals surface area contributed by atoms with E-state index in [1.807, 2.05) is 18.2 Å². The van der Waals surface area contributed by atoms with E-state index >= 15 is 0 Å². The monoisotopic (exact) mass is 531 g/mol. The summed E-state index contributed by atoms with van der Waals surface area (Å²) in [6.07, 6.45) is 7.60. The highest BCUT2D eigenvalue weighted by atomic mass is 32.2. The van der Waals surface area contributed by atoms with Gasteiger partial charge in [-0.1, -0.05) is 74.0 Å². The largest absolute Gasteiger partial charge is 0.339 e. The van der Waals surface area contributed by atoms with Crippen molar-refractivity contribution in [3.8, 4) is 0 Å². The Kier molecular flexibility index (Phi) is 9.29. The summed E-state index contributed by atoms with van der Waals surface area (Å²) in [5.74, 6) is 2.48. The highest BCUT2D eigenvalue weighted by molar-refractivity contribution is 8.00. The minimum atomic E-state index is 0.270. The molecule has 1 heterocycles. The van der Waals surface area contributed by atoms with Crippen molar-refractivity contribution in [2.75, 3.05) is 58.1 Å². The van der Waals surface area contributed by atoms with E-state index in [9.17, 15) is 4.79 Å². The molecular formula is C33H45N3OS. The maximum Gasteiger partial charge on any atom is 0.233 e. The number of benzene rings is 2. The number of piperazine rings is 1. The number of allylic oxidation sites excluding steroid dienone is 1. The SMILES string of the molecule is CC1(C)C2CC=C(CN(CCCc3ccccc3)CCN3CCN(C(=O)CSc4ccccc4)CC3)C1C2. The second-order valence-corrected chi connectivity index (χ2v) is 13.1. The highest BCUT2D eigenvalue weighted by Gasteiger charge is 2.51. The Bertz CT molecular complexity index is 1060. The Morgan fingerprint density at radius 1 is 0.974 bits per heavy atom. The third-order valence-corrected chi connectivity index (χ3v) is 10.3. The van der Waals surface area contributed by atoms with Gasteiger partial charge in [-0.25, -0.2) is 0 Å². The molecule has 1 aliphatic heterocycles. The first-order valence-electron chi connectivity index (χ1n) is 14.6. The number of fused-ring (bicyclic) bond motifs is 1. The number of amides is 1. The second-order valence-electron chi connectivity index (χ2n) is 12.0. The van der Waals surface area contributed by atoms with Gasteiger partial charge in [0, 0.05) is 50.7 Å². The molecule has 38 heavy (non-hydrogen) atoms. The molecule has 2 fully saturated rings. The maximum absolute atomic E-state index is 12.8.